The monoisotopic (exact) mass is 179 g/mol. The number of hydrogen-bond donors (Lipinski definition) is 0. The molecular formula is C10H13NO2. The van der Waals surface area contributed by atoms with Crippen molar-refractivity contribution >= 4 is 5.91 Å². The molecule has 0 radical (unpaired) electrons. The fourth-order valence-electron chi connectivity index (χ4n) is 1.29. The highest BCUT2D eigenvalue weighted by molar-refractivity contribution is 5.87. The van der Waals surface area contributed by atoms with Crippen LogP contribution in [0, 0.1) is 11.8 Å². The first-order valence-electron chi connectivity index (χ1n) is 4.17. The van der Waals surface area contributed by atoms with E-state index in [-0.39, 0.29) is 11.9 Å². The van der Waals surface area contributed by atoms with Crippen molar-refractivity contribution in [1.29, 1.82) is 0 Å². The summed E-state index contributed by atoms with van der Waals surface area (Å²) in [7, 11) is 1.62. The van der Waals surface area contributed by atoms with Crippen LogP contribution in [0.3, 0.4) is 0 Å². The molecule has 13 heavy (non-hydrogen) atoms. The van der Waals surface area contributed by atoms with Crippen LogP contribution in [0.2, 0.25) is 0 Å². The van der Waals surface area contributed by atoms with Crippen LogP contribution < -0.4 is 0 Å². The van der Waals surface area contributed by atoms with E-state index in [2.05, 4.69) is 18.4 Å². The topological polar surface area (TPSA) is 29.5 Å². The molecule has 1 heterocycles. The lowest BCUT2D eigenvalue weighted by Crippen LogP contribution is -2.43. The number of methoxy groups -OCH3 is 1. The quantitative estimate of drug-likeness (QED) is 0.464. The van der Waals surface area contributed by atoms with Gasteiger partial charge in [-0.25, -0.2) is 0 Å². The Morgan fingerprint density at radius 3 is 3.15 bits per heavy atom. The number of amides is 1. The van der Waals surface area contributed by atoms with E-state index in [0.717, 1.165) is 0 Å². The zero-order chi connectivity index (χ0) is 9.68. The minimum Gasteiger partial charge on any atom is -0.383 e. The molecule has 0 aromatic carbocycles. The van der Waals surface area contributed by atoms with Gasteiger partial charge in [-0.1, -0.05) is 18.4 Å². The van der Waals surface area contributed by atoms with Crippen LogP contribution in [0.15, 0.2) is 12.7 Å². The number of nitrogens with zero attached hydrogens (tertiary/aromatic N) is 1. The molecule has 1 rings (SSSR count). The average molecular weight is 179 g/mol. The first kappa shape index (κ1) is 9.82. The summed E-state index contributed by atoms with van der Waals surface area (Å²) in [6.45, 7) is 4.47. The molecule has 1 aliphatic heterocycles. The first-order valence-corrected chi connectivity index (χ1v) is 4.17. The zero-order valence-corrected chi connectivity index (χ0v) is 7.75. The second-order valence-electron chi connectivity index (χ2n) is 2.84. The van der Waals surface area contributed by atoms with Gasteiger partial charge in [-0.3, -0.25) is 4.79 Å². The van der Waals surface area contributed by atoms with Gasteiger partial charge in [-0.15, -0.1) is 0 Å². The summed E-state index contributed by atoms with van der Waals surface area (Å²) in [5.74, 6) is 5.79. The number of hydrogen-bond acceptors (Lipinski definition) is 2. The third-order valence-electron chi connectivity index (χ3n) is 1.97. The Kier molecular flexibility index (Phi) is 3.53. The van der Waals surface area contributed by atoms with Crippen LogP contribution in [0.1, 0.15) is 6.42 Å². The Morgan fingerprint density at radius 2 is 2.54 bits per heavy atom. The second kappa shape index (κ2) is 4.68. The summed E-state index contributed by atoms with van der Waals surface area (Å²) in [4.78, 5) is 13.0. The molecular weight excluding hydrogens is 166 g/mol. The minimum atomic E-state index is -0.0731. The Balaban J connectivity index is 2.65. The molecule has 3 heteroatoms. The van der Waals surface area contributed by atoms with Gasteiger partial charge in [0.25, 0.3) is 0 Å². The largest absolute Gasteiger partial charge is 0.383 e. The van der Waals surface area contributed by atoms with Crippen molar-refractivity contribution in [2.45, 2.75) is 12.5 Å². The van der Waals surface area contributed by atoms with Crippen LogP contribution in [0.5, 0.6) is 0 Å². The Labute approximate surface area is 78.4 Å². The maximum absolute atomic E-state index is 11.3. The van der Waals surface area contributed by atoms with Crippen molar-refractivity contribution in [3.63, 3.8) is 0 Å². The van der Waals surface area contributed by atoms with E-state index in [1.807, 2.05) is 0 Å². The molecule has 70 valence electrons. The molecule has 3 nitrogen and oxygen atoms in total. The Hall–Kier alpha value is -1.27. The van der Waals surface area contributed by atoms with Gasteiger partial charge in [0.1, 0.15) is 0 Å². The molecule has 0 aromatic rings. The summed E-state index contributed by atoms with van der Waals surface area (Å²) < 4.78 is 5.01. The number of ether oxygens (including phenoxy) is 1. The number of carbonyl (C=O) groups excluding carboxylic acids is 1. The van der Waals surface area contributed by atoms with Gasteiger partial charge in [0.2, 0.25) is 5.91 Å². The van der Waals surface area contributed by atoms with E-state index in [4.69, 9.17) is 4.74 Å². The highest BCUT2D eigenvalue weighted by Gasteiger charge is 2.22. The van der Waals surface area contributed by atoms with Crippen molar-refractivity contribution in [3.05, 3.63) is 12.7 Å². The van der Waals surface area contributed by atoms with Crippen LogP contribution in [-0.4, -0.2) is 37.1 Å². The predicted octanol–water partition coefficient (Wildman–Crippen LogP) is 0.423. The molecule has 1 atom stereocenters. The molecule has 0 N–H and O–H groups in total. The van der Waals surface area contributed by atoms with Gasteiger partial charge in [0.05, 0.1) is 19.2 Å². The third kappa shape index (κ3) is 2.33. The molecule has 0 aliphatic carbocycles. The van der Waals surface area contributed by atoms with E-state index >= 15 is 0 Å². The highest BCUT2D eigenvalue weighted by atomic mass is 16.5. The second-order valence-corrected chi connectivity index (χ2v) is 2.84. The Morgan fingerprint density at radius 1 is 1.77 bits per heavy atom. The SMILES string of the molecule is C=CC(=O)N1CC#CCC1COC. The Bertz CT molecular complexity index is 262. The fraction of sp³-hybridized carbons (Fsp3) is 0.500. The van der Waals surface area contributed by atoms with Gasteiger partial charge in [0, 0.05) is 13.5 Å². The van der Waals surface area contributed by atoms with Crippen molar-refractivity contribution in [2.75, 3.05) is 20.3 Å². The maximum Gasteiger partial charge on any atom is 0.247 e. The molecule has 0 aromatic heterocycles. The minimum absolute atomic E-state index is 0.0731. The van der Waals surface area contributed by atoms with Gasteiger partial charge in [0.15, 0.2) is 0 Å². The molecule has 1 amide bonds. The molecule has 1 unspecified atom stereocenters. The van der Waals surface area contributed by atoms with E-state index in [9.17, 15) is 4.79 Å². The number of carbonyl (C=O) groups is 1. The molecule has 1 aliphatic rings. The van der Waals surface area contributed by atoms with E-state index < -0.39 is 0 Å². The lowest BCUT2D eigenvalue weighted by molar-refractivity contribution is -0.128. The van der Waals surface area contributed by atoms with Gasteiger partial charge in [-0.2, -0.15) is 0 Å². The maximum atomic E-state index is 11.3. The van der Waals surface area contributed by atoms with E-state index in [1.54, 1.807) is 12.0 Å². The fourth-order valence-corrected chi connectivity index (χ4v) is 1.29. The smallest absolute Gasteiger partial charge is 0.247 e. The number of rotatable bonds is 3. The van der Waals surface area contributed by atoms with Crippen LogP contribution in [0.4, 0.5) is 0 Å². The standard InChI is InChI=1S/C10H13NO2/c1-3-10(12)11-7-5-4-6-9(11)8-13-2/h3,9H,1,6-8H2,2H3. The van der Waals surface area contributed by atoms with Crippen LogP contribution >= 0.6 is 0 Å². The van der Waals surface area contributed by atoms with Gasteiger partial charge in [-0.05, 0) is 6.08 Å². The molecule has 0 saturated heterocycles. The van der Waals surface area contributed by atoms with Gasteiger partial charge >= 0.3 is 0 Å². The van der Waals surface area contributed by atoms with Crippen LogP contribution in [0.25, 0.3) is 0 Å². The van der Waals surface area contributed by atoms with Gasteiger partial charge < -0.3 is 9.64 Å². The predicted molar refractivity (Wildman–Crippen MR) is 50.0 cm³/mol. The summed E-state index contributed by atoms with van der Waals surface area (Å²) in [6.07, 6.45) is 2.00. The summed E-state index contributed by atoms with van der Waals surface area (Å²) in [5, 5.41) is 0. The van der Waals surface area contributed by atoms with Crippen molar-refractivity contribution in [3.8, 4) is 11.8 Å². The third-order valence-corrected chi connectivity index (χ3v) is 1.97. The molecule has 0 bridgehead atoms. The summed E-state index contributed by atoms with van der Waals surface area (Å²) in [5.41, 5.74) is 0. The molecule has 0 saturated carbocycles. The summed E-state index contributed by atoms with van der Waals surface area (Å²) in [6, 6.07) is 0.0803. The van der Waals surface area contributed by atoms with E-state index in [1.165, 1.54) is 6.08 Å². The average Bonchev–Trinajstić information content (AvgIpc) is 2.18. The van der Waals surface area contributed by atoms with Crippen molar-refractivity contribution < 1.29 is 9.53 Å². The lowest BCUT2D eigenvalue weighted by Gasteiger charge is -2.29. The van der Waals surface area contributed by atoms with E-state index in [0.29, 0.717) is 19.6 Å². The first-order chi connectivity index (χ1) is 6.29. The van der Waals surface area contributed by atoms with Crippen molar-refractivity contribution in [1.82, 2.24) is 4.90 Å². The normalized spacial score (nSPS) is 20.4. The summed E-state index contributed by atoms with van der Waals surface area (Å²) >= 11 is 0. The lowest BCUT2D eigenvalue weighted by atomic mass is 10.1. The highest BCUT2D eigenvalue weighted by Crippen LogP contribution is 2.08. The molecule has 0 spiro atoms. The van der Waals surface area contributed by atoms with Crippen LogP contribution in [-0.2, 0) is 9.53 Å². The molecule has 0 fully saturated rings. The van der Waals surface area contributed by atoms with Crippen molar-refractivity contribution in [2.24, 2.45) is 0 Å². The zero-order valence-electron chi connectivity index (χ0n) is 7.75.